The second-order valence-electron chi connectivity index (χ2n) is 6.41. The van der Waals surface area contributed by atoms with Crippen molar-refractivity contribution in [2.75, 3.05) is 5.75 Å². The molecule has 0 spiro atoms. The van der Waals surface area contributed by atoms with Crippen LogP contribution < -0.4 is 10.9 Å². The van der Waals surface area contributed by atoms with Gasteiger partial charge in [0.2, 0.25) is 11.8 Å². The molecular formula is C20H22N2O2S. The van der Waals surface area contributed by atoms with Gasteiger partial charge in [-0.25, -0.2) is 0 Å². The van der Waals surface area contributed by atoms with Gasteiger partial charge in [0.15, 0.2) is 0 Å². The topological polar surface area (TPSA) is 58.2 Å². The maximum absolute atomic E-state index is 12.6. The minimum absolute atomic E-state index is 0.126. The van der Waals surface area contributed by atoms with E-state index in [1.807, 2.05) is 61.5 Å². The fourth-order valence-corrected chi connectivity index (χ4v) is 3.70. The molecule has 0 atom stereocenters. The van der Waals surface area contributed by atoms with Gasteiger partial charge in [-0.1, -0.05) is 54.4 Å². The summed E-state index contributed by atoms with van der Waals surface area (Å²) >= 11 is 1.45. The van der Waals surface area contributed by atoms with E-state index >= 15 is 0 Å². The number of hydrazine groups is 1. The van der Waals surface area contributed by atoms with E-state index < -0.39 is 5.41 Å². The third kappa shape index (κ3) is 4.04. The Morgan fingerprint density at radius 2 is 1.68 bits per heavy atom. The number of nitrogens with one attached hydrogen (secondary N) is 2. The van der Waals surface area contributed by atoms with Crippen LogP contribution in [0, 0.1) is 6.92 Å². The minimum Gasteiger partial charge on any atom is -0.272 e. The fourth-order valence-electron chi connectivity index (χ4n) is 3.00. The van der Waals surface area contributed by atoms with Crippen LogP contribution in [0.5, 0.6) is 0 Å². The standard InChI is InChI=1S/C20H22N2O2S/c1-15-8-10-17(11-9-15)25-14-18(23)21-22-19(24)20(12-5-13-20)16-6-3-2-4-7-16/h2-4,6-11H,5,12-14H2,1H3,(H,21,23)(H,22,24). The Bertz CT molecular complexity index is 740. The smallest absolute Gasteiger partial charge is 0.249 e. The molecule has 0 unspecified atom stereocenters. The van der Waals surface area contributed by atoms with Crippen molar-refractivity contribution in [2.24, 2.45) is 0 Å². The summed E-state index contributed by atoms with van der Waals surface area (Å²) in [6.45, 7) is 2.03. The van der Waals surface area contributed by atoms with Crippen LogP contribution in [0.15, 0.2) is 59.5 Å². The van der Waals surface area contributed by atoms with Crippen LogP contribution in [-0.2, 0) is 15.0 Å². The molecule has 1 aliphatic rings. The molecule has 1 aliphatic carbocycles. The van der Waals surface area contributed by atoms with Crippen LogP contribution in [0.25, 0.3) is 0 Å². The molecule has 2 aromatic carbocycles. The van der Waals surface area contributed by atoms with Gasteiger partial charge in [-0.3, -0.25) is 20.4 Å². The first-order chi connectivity index (χ1) is 12.1. The van der Waals surface area contributed by atoms with E-state index in [4.69, 9.17) is 0 Å². The molecule has 0 radical (unpaired) electrons. The van der Waals surface area contributed by atoms with Crippen molar-refractivity contribution in [1.82, 2.24) is 10.9 Å². The molecule has 4 nitrogen and oxygen atoms in total. The van der Waals surface area contributed by atoms with Crippen molar-refractivity contribution in [1.29, 1.82) is 0 Å². The Balaban J connectivity index is 1.51. The molecule has 0 saturated heterocycles. The van der Waals surface area contributed by atoms with Gasteiger partial charge >= 0.3 is 0 Å². The number of amides is 2. The van der Waals surface area contributed by atoms with Gasteiger partial charge in [-0.15, -0.1) is 11.8 Å². The summed E-state index contributed by atoms with van der Waals surface area (Å²) in [5.41, 5.74) is 6.87. The van der Waals surface area contributed by atoms with E-state index in [-0.39, 0.29) is 17.6 Å². The highest BCUT2D eigenvalue weighted by Gasteiger charge is 2.45. The molecule has 2 aromatic rings. The Hall–Kier alpha value is -2.27. The van der Waals surface area contributed by atoms with Crippen LogP contribution in [0.3, 0.4) is 0 Å². The van der Waals surface area contributed by atoms with Crippen molar-refractivity contribution in [3.63, 3.8) is 0 Å². The zero-order valence-corrected chi connectivity index (χ0v) is 15.1. The number of carbonyl (C=O) groups excluding carboxylic acids is 2. The predicted molar refractivity (Wildman–Crippen MR) is 100 cm³/mol. The summed E-state index contributed by atoms with van der Waals surface area (Å²) < 4.78 is 0. The summed E-state index contributed by atoms with van der Waals surface area (Å²) in [6.07, 6.45) is 2.66. The van der Waals surface area contributed by atoms with Gasteiger partial charge in [0.1, 0.15) is 0 Å². The van der Waals surface area contributed by atoms with Crippen LogP contribution in [0.4, 0.5) is 0 Å². The van der Waals surface area contributed by atoms with Gasteiger partial charge < -0.3 is 0 Å². The monoisotopic (exact) mass is 354 g/mol. The van der Waals surface area contributed by atoms with Gasteiger partial charge in [-0.2, -0.15) is 0 Å². The molecule has 0 aromatic heterocycles. The molecule has 130 valence electrons. The number of hydrogen-bond acceptors (Lipinski definition) is 3. The van der Waals surface area contributed by atoms with Crippen LogP contribution >= 0.6 is 11.8 Å². The number of benzene rings is 2. The second-order valence-corrected chi connectivity index (χ2v) is 7.45. The van der Waals surface area contributed by atoms with E-state index in [1.54, 1.807) is 0 Å². The van der Waals surface area contributed by atoms with Crippen LogP contribution in [0.2, 0.25) is 0 Å². The molecule has 0 bridgehead atoms. The average Bonchev–Trinajstić information content (AvgIpc) is 2.59. The third-order valence-electron chi connectivity index (χ3n) is 4.67. The lowest BCUT2D eigenvalue weighted by Crippen LogP contribution is -2.54. The predicted octanol–water partition coefficient (Wildman–Crippen LogP) is 3.36. The molecule has 25 heavy (non-hydrogen) atoms. The van der Waals surface area contributed by atoms with Crippen molar-refractivity contribution < 1.29 is 9.59 Å². The van der Waals surface area contributed by atoms with Crippen molar-refractivity contribution in [3.8, 4) is 0 Å². The summed E-state index contributed by atoms with van der Waals surface area (Å²) in [7, 11) is 0. The van der Waals surface area contributed by atoms with E-state index in [0.717, 1.165) is 29.7 Å². The van der Waals surface area contributed by atoms with E-state index in [0.29, 0.717) is 0 Å². The van der Waals surface area contributed by atoms with Crippen molar-refractivity contribution in [3.05, 3.63) is 65.7 Å². The first-order valence-corrected chi connectivity index (χ1v) is 9.43. The first kappa shape index (κ1) is 17.5. The SMILES string of the molecule is Cc1ccc(SCC(=O)NNC(=O)C2(c3ccccc3)CCC2)cc1. The molecule has 3 rings (SSSR count). The van der Waals surface area contributed by atoms with Gasteiger partial charge in [-0.05, 0) is 37.5 Å². The molecule has 5 heteroatoms. The normalized spacial score (nSPS) is 15.1. The largest absolute Gasteiger partial charge is 0.272 e. The molecule has 1 fully saturated rings. The number of rotatable bonds is 5. The Kier molecular flexibility index (Phi) is 5.43. The molecular weight excluding hydrogens is 332 g/mol. The average molecular weight is 354 g/mol. The molecule has 2 N–H and O–H groups in total. The Morgan fingerprint density at radius 3 is 2.28 bits per heavy atom. The quantitative estimate of drug-likeness (QED) is 0.639. The lowest BCUT2D eigenvalue weighted by atomic mass is 9.64. The van der Waals surface area contributed by atoms with E-state index in [9.17, 15) is 9.59 Å². The zero-order chi connectivity index (χ0) is 17.7. The molecule has 1 saturated carbocycles. The Morgan fingerprint density at radius 1 is 1.00 bits per heavy atom. The third-order valence-corrected chi connectivity index (χ3v) is 5.69. The summed E-state index contributed by atoms with van der Waals surface area (Å²) in [5.74, 6) is -0.0677. The lowest BCUT2D eigenvalue weighted by Gasteiger charge is -2.40. The highest BCUT2D eigenvalue weighted by Crippen LogP contribution is 2.43. The van der Waals surface area contributed by atoms with Crippen LogP contribution in [-0.4, -0.2) is 17.6 Å². The number of carbonyl (C=O) groups is 2. The van der Waals surface area contributed by atoms with Gasteiger partial charge in [0, 0.05) is 4.90 Å². The molecule has 2 amide bonds. The number of thioether (sulfide) groups is 1. The highest BCUT2D eigenvalue weighted by atomic mass is 32.2. The summed E-state index contributed by atoms with van der Waals surface area (Å²) in [5, 5.41) is 0. The molecule has 0 aliphatic heterocycles. The lowest BCUT2D eigenvalue weighted by molar-refractivity contribution is -0.134. The fraction of sp³-hybridized carbons (Fsp3) is 0.300. The van der Waals surface area contributed by atoms with Crippen LogP contribution in [0.1, 0.15) is 30.4 Å². The second kappa shape index (κ2) is 7.74. The van der Waals surface area contributed by atoms with Crippen molar-refractivity contribution in [2.45, 2.75) is 36.5 Å². The summed E-state index contributed by atoms with van der Waals surface area (Å²) in [4.78, 5) is 25.7. The Labute approximate surface area is 152 Å². The van der Waals surface area contributed by atoms with Gasteiger partial charge in [0.25, 0.3) is 0 Å². The number of aryl methyl sites for hydroxylation is 1. The van der Waals surface area contributed by atoms with Gasteiger partial charge in [0.05, 0.1) is 11.2 Å². The van der Waals surface area contributed by atoms with E-state index in [1.165, 1.54) is 17.3 Å². The first-order valence-electron chi connectivity index (χ1n) is 8.44. The minimum atomic E-state index is -0.501. The van der Waals surface area contributed by atoms with Crippen molar-refractivity contribution >= 4 is 23.6 Å². The highest BCUT2D eigenvalue weighted by molar-refractivity contribution is 8.00. The zero-order valence-electron chi connectivity index (χ0n) is 14.2. The van der Waals surface area contributed by atoms with E-state index in [2.05, 4.69) is 10.9 Å². The maximum atomic E-state index is 12.6. The molecule has 0 heterocycles. The maximum Gasteiger partial charge on any atom is 0.249 e. The number of hydrogen-bond donors (Lipinski definition) is 2. The summed E-state index contributed by atoms with van der Waals surface area (Å²) in [6, 6.07) is 17.8.